The van der Waals surface area contributed by atoms with Crippen molar-refractivity contribution >= 4 is 0 Å². The van der Waals surface area contributed by atoms with Crippen molar-refractivity contribution in [2.24, 2.45) is 0 Å². The summed E-state index contributed by atoms with van der Waals surface area (Å²) in [6.07, 6.45) is -15.1. The molecule has 1 heterocycles. The van der Waals surface area contributed by atoms with Gasteiger partial charge in [0.2, 0.25) is 0 Å². The fourth-order valence-corrected chi connectivity index (χ4v) is 2.16. The van der Waals surface area contributed by atoms with E-state index in [1.54, 1.807) is 0 Å². The van der Waals surface area contributed by atoms with E-state index in [4.69, 9.17) is 24.8 Å². The fourth-order valence-electron chi connectivity index (χ4n) is 2.16. The number of aliphatic hydroxyl groups excluding tert-OH is 9. The van der Waals surface area contributed by atoms with Crippen LogP contribution in [0, 0.1) is 0 Å². The first-order valence-corrected chi connectivity index (χ1v) is 7.00. The maximum Gasteiger partial charge on any atom is 0.187 e. The smallest absolute Gasteiger partial charge is 0.187 e. The molecule has 1 fully saturated rings. The van der Waals surface area contributed by atoms with E-state index in [0.29, 0.717) is 0 Å². The molecule has 9 atom stereocenters. The third kappa shape index (κ3) is 4.78. The number of hydrogen-bond donors (Lipinski definition) is 9. The van der Waals surface area contributed by atoms with Gasteiger partial charge in [0.25, 0.3) is 0 Å². The Bertz CT molecular complexity index is 341. The molecule has 11 nitrogen and oxygen atoms in total. The maximum absolute atomic E-state index is 9.83. The average molecular weight is 344 g/mol. The second-order valence-corrected chi connectivity index (χ2v) is 5.29. The van der Waals surface area contributed by atoms with Gasteiger partial charge in [-0.15, -0.1) is 0 Å². The SMILES string of the molecule is OCC(O)[C@@H](O[C@@H]1OC(CO)[C@H](O)[C@H](O)C1O)C(O)[C@H](O)CO. The van der Waals surface area contributed by atoms with Crippen molar-refractivity contribution in [1.29, 1.82) is 0 Å². The van der Waals surface area contributed by atoms with Gasteiger partial charge in [0, 0.05) is 0 Å². The Hall–Kier alpha value is -0.440. The number of rotatable bonds is 8. The molecule has 1 aliphatic heterocycles. The normalized spacial score (nSPS) is 37.2. The Kier molecular flexibility index (Phi) is 8.20. The van der Waals surface area contributed by atoms with E-state index in [9.17, 15) is 30.6 Å². The van der Waals surface area contributed by atoms with E-state index in [0.717, 1.165) is 0 Å². The van der Waals surface area contributed by atoms with Gasteiger partial charge >= 0.3 is 0 Å². The summed E-state index contributed by atoms with van der Waals surface area (Å²) in [6, 6.07) is 0. The zero-order valence-corrected chi connectivity index (χ0v) is 12.2. The highest BCUT2D eigenvalue weighted by Crippen LogP contribution is 2.24. The van der Waals surface area contributed by atoms with E-state index >= 15 is 0 Å². The highest BCUT2D eigenvalue weighted by atomic mass is 16.7. The summed E-state index contributed by atoms with van der Waals surface area (Å²) in [5, 5.41) is 84.9. The first-order valence-electron chi connectivity index (χ1n) is 7.00. The lowest BCUT2D eigenvalue weighted by Crippen LogP contribution is -2.61. The molecule has 0 aliphatic carbocycles. The molecule has 0 amide bonds. The van der Waals surface area contributed by atoms with Crippen molar-refractivity contribution in [1.82, 2.24) is 0 Å². The monoisotopic (exact) mass is 344 g/mol. The van der Waals surface area contributed by atoms with Crippen molar-refractivity contribution in [3.8, 4) is 0 Å². The predicted molar refractivity (Wildman–Crippen MR) is 70.8 cm³/mol. The van der Waals surface area contributed by atoms with Gasteiger partial charge in [-0.3, -0.25) is 0 Å². The molecule has 1 rings (SSSR count). The fraction of sp³-hybridized carbons (Fsp3) is 1.00. The van der Waals surface area contributed by atoms with Crippen LogP contribution < -0.4 is 0 Å². The van der Waals surface area contributed by atoms with Crippen molar-refractivity contribution in [2.45, 2.75) is 55.1 Å². The van der Waals surface area contributed by atoms with Gasteiger partial charge < -0.3 is 55.4 Å². The molecule has 0 aromatic carbocycles. The quantitative estimate of drug-likeness (QED) is 0.203. The Labute approximate surface area is 131 Å². The van der Waals surface area contributed by atoms with Crippen LogP contribution in [-0.2, 0) is 9.47 Å². The van der Waals surface area contributed by atoms with Crippen LogP contribution in [0.1, 0.15) is 0 Å². The van der Waals surface area contributed by atoms with Crippen LogP contribution in [0.25, 0.3) is 0 Å². The van der Waals surface area contributed by atoms with Crippen LogP contribution in [0.4, 0.5) is 0 Å². The van der Waals surface area contributed by atoms with Crippen LogP contribution in [0.5, 0.6) is 0 Å². The molecule has 138 valence electrons. The summed E-state index contributed by atoms with van der Waals surface area (Å²) in [5.41, 5.74) is 0. The predicted octanol–water partition coefficient (Wildman–Crippen LogP) is -5.76. The first kappa shape index (κ1) is 20.6. The van der Waals surface area contributed by atoms with Crippen LogP contribution in [0.2, 0.25) is 0 Å². The highest BCUT2D eigenvalue weighted by molar-refractivity contribution is 4.91. The molecule has 9 N–H and O–H groups in total. The standard InChI is InChI=1S/C12H24O11/c13-1-4(16)7(18)11(5(17)2-14)23-12-10(21)9(20)8(19)6(3-15)22-12/h4-21H,1-3H2/t4-,5?,6?,7?,8+,9+,10?,11-,12+/m1/s1. The summed E-state index contributed by atoms with van der Waals surface area (Å²) < 4.78 is 10.1. The molecule has 0 spiro atoms. The molecule has 0 bridgehead atoms. The second kappa shape index (κ2) is 9.15. The lowest BCUT2D eigenvalue weighted by atomic mass is 9.98. The van der Waals surface area contributed by atoms with Crippen LogP contribution in [0.3, 0.4) is 0 Å². The molecule has 0 aromatic heterocycles. The number of ether oxygens (including phenoxy) is 2. The lowest BCUT2D eigenvalue weighted by molar-refractivity contribution is -0.327. The van der Waals surface area contributed by atoms with Crippen molar-refractivity contribution in [3.63, 3.8) is 0 Å². The van der Waals surface area contributed by atoms with E-state index < -0.39 is 74.9 Å². The van der Waals surface area contributed by atoms with E-state index in [2.05, 4.69) is 0 Å². The Morgan fingerprint density at radius 1 is 0.826 bits per heavy atom. The lowest BCUT2D eigenvalue weighted by Gasteiger charge is -2.42. The summed E-state index contributed by atoms with van der Waals surface area (Å²) >= 11 is 0. The van der Waals surface area contributed by atoms with Gasteiger partial charge in [-0.1, -0.05) is 0 Å². The van der Waals surface area contributed by atoms with E-state index in [1.165, 1.54) is 0 Å². The third-order valence-electron chi connectivity index (χ3n) is 3.62. The maximum atomic E-state index is 9.83. The minimum atomic E-state index is -1.85. The molecule has 11 heteroatoms. The molecule has 1 aliphatic rings. The Morgan fingerprint density at radius 2 is 1.39 bits per heavy atom. The number of aliphatic hydroxyl groups is 9. The van der Waals surface area contributed by atoms with Crippen LogP contribution in [-0.4, -0.2) is 121 Å². The summed E-state index contributed by atoms with van der Waals surface area (Å²) in [6.45, 7) is -2.45. The van der Waals surface area contributed by atoms with Gasteiger partial charge in [-0.2, -0.15) is 0 Å². The van der Waals surface area contributed by atoms with Crippen LogP contribution in [0.15, 0.2) is 0 Å². The molecule has 23 heavy (non-hydrogen) atoms. The molecule has 0 aromatic rings. The van der Waals surface area contributed by atoms with Gasteiger partial charge in [-0.05, 0) is 0 Å². The molecule has 1 saturated heterocycles. The molecule has 0 radical (unpaired) electrons. The van der Waals surface area contributed by atoms with Gasteiger partial charge in [0.05, 0.1) is 19.8 Å². The van der Waals surface area contributed by atoms with Crippen molar-refractivity contribution < 1.29 is 55.4 Å². The zero-order valence-electron chi connectivity index (χ0n) is 12.2. The first-order chi connectivity index (χ1) is 10.8. The summed E-state index contributed by atoms with van der Waals surface area (Å²) in [4.78, 5) is 0. The van der Waals surface area contributed by atoms with Crippen molar-refractivity contribution in [2.75, 3.05) is 19.8 Å². The summed E-state index contributed by atoms with van der Waals surface area (Å²) in [5.74, 6) is 0. The highest BCUT2D eigenvalue weighted by Gasteiger charge is 2.46. The Balaban J connectivity index is 2.89. The second-order valence-electron chi connectivity index (χ2n) is 5.29. The van der Waals surface area contributed by atoms with Crippen molar-refractivity contribution in [3.05, 3.63) is 0 Å². The molecular formula is C12H24O11. The molecule has 0 saturated carbocycles. The summed E-state index contributed by atoms with van der Waals surface area (Å²) in [7, 11) is 0. The van der Waals surface area contributed by atoms with Gasteiger partial charge in [0.15, 0.2) is 6.29 Å². The average Bonchev–Trinajstić information content (AvgIpc) is 2.57. The largest absolute Gasteiger partial charge is 0.394 e. The zero-order chi connectivity index (χ0) is 17.7. The molecular weight excluding hydrogens is 320 g/mol. The third-order valence-corrected chi connectivity index (χ3v) is 3.62. The topological polar surface area (TPSA) is 201 Å². The number of hydrogen-bond acceptors (Lipinski definition) is 11. The van der Waals surface area contributed by atoms with Crippen LogP contribution >= 0.6 is 0 Å². The van der Waals surface area contributed by atoms with E-state index in [-0.39, 0.29) is 0 Å². The van der Waals surface area contributed by atoms with Gasteiger partial charge in [0.1, 0.15) is 48.8 Å². The minimum absolute atomic E-state index is 0.708. The van der Waals surface area contributed by atoms with Gasteiger partial charge in [-0.25, -0.2) is 0 Å². The Morgan fingerprint density at radius 3 is 1.87 bits per heavy atom. The van der Waals surface area contributed by atoms with E-state index in [1.807, 2.05) is 0 Å². The molecule has 4 unspecified atom stereocenters. The minimum Gasteiger partial charge on any atom is -0.394 e.